The molecule has 0 spiro atoms. The van der Waals surface area contributed by atoms with Gasteiger partial charge in [0.15, 0.2) is 11.6 Å². The van der Waals surface area contributed by atoms with Crippen molar-refractivity contribution >= 4 is 0 Å². The van der Waals surface area contributed by atoms with Crippen LogP contribution in [0.5, 0.6) is 5.75 Å². The molecule has 1 fully saturated rings. The summed E-state index contributed by atoms with van der Waals surface area (Å²) >= 11 is 0. The maximum atomic E-state index is 13.8. The monoisotopic (exact) mass is 212 g/mol. The van der Waals surface area contributed by atoms with E-state index in [1.165, 1.54) is 13.2 Å². The van der Waals surface area contributed by atoms with E-state index in [0.717, 1.165) is 0 Å². The summed E-state index contributed by atoms with van der Waals surface area (Å²) in [5, 5.41) is 10.1. The molecule has 1 aromatic carbocycles. The lowest BCUT2D eigenvalue weighted by Gasteiger charge is -2.22. The lowest BCUT2D eigenvalue weighted by Crippen LogP contribution is -2.27. The molecule has 1 aliphatic heterocycles. The molecule has 0 aliphatic carbocycles. The Morgan fingerprint density at radius 3 is 2.93 bits per heavy atom. The summed E-state index contributed by atoms with van der Waals surface area (Å²) in [6.07, 6.45) is 0.414. The standard InChI is InChI=1S/C11H13FO3/c1-14-9-4-2-3-8(10(9)12)11(13)5-6-15-7-11/h2-4,13H,5-7H2,1H3. The number of halogens is 1. The molecule has 1 aliphatic rings. The third-order valence-corrected chi connectivity index (χ3v) is 2.69. The highest BCUT2D eigenvalue weighted by molar-refractivity contribution is 5.35. The Morgan fingerprint density at radius 1 is 1.53 bits per heavy atom. The normalized spacial score (nSPS) is 25.5. The molecule has 1 heterocycles. The quantitative estimate of drug-likeness (QED) is 0.806. The van der Waals surface area contributed by atoms with Gasteiger partial charge in [-0.1, -0.05) is 12.1 Å². The molecule has 15 heavy (non-hydrogen) atoms. The predicted octanol–water partition coefficient (Wildman–Crippen LogP) is 1.44. The Balaban J connectivity index is 2.43. The third kappa shape index (κ3) is 1.70. The Labute approximate surface area is 87.4 Å². The minimum Gasteiger partial charge on any atom is -0.494 e. The lowest BCUT2D eigenvalue weighted by atomic mass is 9.92. The minimum absolute atomic E-state index is 0.136. The fraction of sp³-hybridized carbons (Fsp3) is 0.455. The van der Waals surface area contributed by atoms with E-state index in [-0.39, 0.29) is 17.9 Å². The van der Waals surface area contributed by atoms with E-state index in [4.69, 9.17) is 9.47 Å². The van der Waals surface area contributed by atoms with Crippen LogP contribution in [-0.2, 0) is 10.3 Å². The molecule has 82 valence electrons. The van der Waals surface area contributed by atoms with Crippen LogP contribution in [-0.4, -0.2) is 25.4 Å². The fourth-order valence-corrected chi connectivity index (χ4v) is 1.79. The zero-order valence-electron chi connectivity index (χ0n) is 8.50. The van der Waals surface area contributed by atoms with Crippen LogP contribution in [0.4, 0.5) is 4.39 Å². The van der Waals surface area contributed by atoms with E-state index in [1.807, 2.05) is 0 Å². The van der Waals surface area contributed by atoms with Gasteiger partial charge in [0.25, 0.3) is 0 Å². The molecule has 1 atom stereocenters. The third-order valence-electron chi connectivity index (χ3n) is 2.69. The van der Waals surface area contributed by atoms with Crippen LogP contribution in [0.15, 0.2) is 18.2 Å². The van der Waals surface area contributed by atoms with Gasteiger partial charge in [0, 0.05) is 18.6 Å². The number of rotatable bonds is 2. The number of hydrogen-bond acceptors (Lipinski definition) is 3. The molecule has 3 nitrogen and oxygen atoms in total. The molecular weight excluding hydrogens is 199 g/mol. The molecule has 0 aromatic heterocycles. The van der Waals surface area contributed by atoms with Crippen molar-refractivity contribution in [3.63, 3.8) is 0 Å². The van der Waals surface area contributed by atoms with Gasteiger partial charge in [0.2, 0.25) is 0 Å². The first-order chi connectivity index (χ1) is 7.17. The first kappa shape index (κ1) is 10.4. The van der Waals surface area contributed by atoms with Gasteiger partial charge in [-0.3, -0.25) is 0 Å². The first-order valence-corrected chi connectivity index (χ1v) is 4.80. The van der Waals surface area contributed by atoms with Crippen molar-refractivity contribution in [1.29, 1.82) is 0 Å². The summed E-state index contributed by atoms with van der Waals surface area (Å²) in [5.41, 5.74) is -0.960. The minimum atomic E-state index is -1.21. The summed E-state index contributed by atoms with van der Waals surface area (Å²) in [4.78, 5) is 0. The average Bonchev–Trinajstić information content (AvgIpc) is 2.66. The molecule has 0 amide bonds. The smallest absolute Gasteiger partial charge is 0.171 e. The average molecular weight is 212 g/mol. The summed E-state index contributed by atoms with van der Waals surface area (Å²) in [6.45, 7) is 0.588. The van der Waals surface area contributed by atoms with Crippen LogP contribution in [0.2, 0.25) is 0 Å². The van der Waals surface area contributed by atoms with Crippen LogP contribution in [0.25, 0.3) is 0 Å². The van der Waals surface area contributed by atoms with Crippen molar-refractivity contribution in [2.75, 3.05) is 20.3 Å². The highest BCUT2D eigenvalue weighted by atomic mass is 19.1. The largest absolute Gasteiger partial charge is 0.494 e. The number of aliphatic hydroxyl groups is 1. The van der Waals surface area contributed by atoms with Gasteiger partial charge < -0.3 is 14.6 Å². The van der Waals surface area contributed by atoms with Gasteiger partial charge in [-0.2, -0.15) is 0 Å². The van der Waals surface area contributed by atoms with E-state index in [2.05, 4.69) is 0 Å². The molecule has 0 saturated carbocycles. The van der Waals surface area contributed by atoms with Gasteiger partial charge in [-0.25, -0.2) is 4.39 Å². The van der Waals surface area contributed by atoms with E-state index < -0.39 is 11.4 Å². The van der Waals surface area contributed by atoms with E-state index in [1.54, 1.807) is 12.1 Å². The zero-order valence-corrected chi connectivity index (χ0v) is 8.50. The Kier molecular flexibility index (Phi) is 2.63. The van der Waals surface area contributed by atoms with Crippen LogP contribution < -0.4 is 4.74 Å². The number of ether oxygens (including phenoxy) is 2. The molecule has 2 rings (SSSR count). The molecule has 1 aromatic rings. The van der Waals surface area contributed by atoms with Crippen LogP contribution in [0, 0.1) is 5.82 Å². The second-order valence-electron chi connectivity index (χ2n) is 3.66. The van der Waals surface area contributed by atoms with Crippen molar-refractivity contribution in [3.8, 4) is 5.75 Å². The molecule has 4 heteroatoms. The zero-order chi connectivity index (χ0) is 10.9. The van der Waals surface area contributed by atoms with Gasteiger partial charge in [0.05, 0.1) is 13.7 Å². The topological polar surface area (TPSA) is 38.7 Å². The number of hydrogen-bond donors (Lipinski definition) is 1. The first-order valence-electron chi connectivity index (χ1n) is 4.80. The molecule has 1 saturated heterocycles. The number of benzene rings is 1. The fourth-order valence-electron chi connectivity index (χ4n) is 1.79. The van der Waals surface area contributed by atoms with Gasteiger partial charge in [-0.15, -0.1) is 0 Å². The van der Waals surface area contributed by atoms with Crippen LogP contribution in [0.3, 0.4) is 0 Å². The second-order valence-corrected chi connectivity index (χ2v) is 3.66. The molecule has 1 unspecified atom stereocenters. The van der Waals surface area contributed by atoms with Crippen molar-refractivity contribution in [2.24, 2.45) is 0 Å². The van der Waals surface area contributed by atoms with Crippen LogP contribution in [0.1, 0.15) is 12.0 Å². The summed E-state index contributed by atoms with van der Waals surface area (Å²) in [5.74, 6) is -0.360. The van der Waals surface area contributed by atoms with Gasteiger partial charge in [0.1, 0.15) is 5.60 Å². The van der Waals surface area contributed by atoms with E-state index in [9.17, 15) is 9.50 Å². The van der Waals surface area contributed by atoms with Crippen molar-refractivity contribution < 1.29 is 19.0 Å². The highest BCUT2D eigenvalue weighted by Crippen LogP contribution is 2.34. The molecule has 1 N–H and O–H groups in total. The van der Waals surface area contributed by atoms with Crippen molar-refractivity contribution in [1.82, 2.24) is 0 Å². The molecular formula is C11H13FO3. The lowest BCUT2D eigenvalue weighted by molar-refractivity contribution is 0.0198. The summed E-state index contributed by atoms with van der Waals surface area (Å²) < 4.78 is 23.8. The molecule has 0 bridgehead atoms. The summed E-state index contributed by atoms with van der Waals surface area (Å²) in [7, 11) is 1.40. The van der Waals surface area contributed by atoms with E-state index >= 15 is 0 Å². The second kappa shape index (κ2) is 3.79. The Hall–Kier alpha value is -1.13. The Morgan fingerprint density at radius 2 is 2.33 bits per heavy atom. The van der Waals surface area contributed by atoms with E-state index in [0.29, 0.717) is 13.0 Å². The SMILES string of the molecule is COc1cccc(C2(O)CCOC2)c1F. The maximum Gasteiger partial charge on any atom is 0.171 e. The molecule has 0 radical (unpaired) electrons. The van der Waals surface area contributed by atoms with Crippen molar-refractivity contribution in [2.45, 2.75) is 12.0 Å². The Bertz CT molecular complexity index is 359. The number of methoxy groups -OCH3 is 1. The highest BCUT2D eigenvalue weighted by Gasteiger charge is 2.37. The van der Waals surface area contributed by atoms with Gasteiger partial charge in [-0.05, 0) is 6.07 Å². The van der Waals surface area contributed by atoms with Crippen molar-refractivity contribution in [3.05, 3.63) is 29.6 Å². The van der Waals surface area contributed by atoms with Crippen LogP contribution >= 0.6 is 0 Å². The summed E-state index contributed by atoms with van der Waals surface area (Å²) in [6, 6.07) is 4.75. The maximum absolute atomic E-state index is 13.8. The van der Waals surface area contributed by atoms with Gasteiger partial charge >= 0.3 is 0 Å². The predicted molar refractivity (Wildman–Crippen MR) is 52.3 cm³/mol.